The van der Waals surface area contributed by atoms with Crippen LogP contribution in [0.1, 0.15) is 34.8 Å². The number of ketones is 1. The Hall–Kier alpha value is -1.88. The van der Waals surface area contributed by atoms with Gasteiger partial charge < -0.3 is 15.3 Å². The van der Waals surface area contributed by atoms with Crippen LogP contribution in [0.15, 0.2) is 6.07 Å². The van der Waals surface area contributed by atoms with E-state index in [1.54, 1.807) is 6.92 Å². The minimum absolute atomic E-state index is 0.00299. The summed E-state index contributed by atoms with van der Waals surface area (Å²) < 4.78 is 0. The van der Waals surface area contributed by atoms with Gasteiger partial charge in [0.2, 0.25) is 0 Å². The third-order valence-corrected chi connectivity index (χ3v) is 2.71. The van der Waals surface area contributed by atoms with Crippen LogP contribution in [-0.2, 0) is 11.2 Å². The predicted molar refractivity (Wildman–Crippen MR) is 64.9 cm³/mol. The summed E-state index contributed by atoms with van der Waals surface area (Å²) in [4.78, 5) is 22.2. The Labute approximate surface area is 105 Å². The number of benzene rings is 1. The van der Waals surface area contributed by atoms with Crippen molar-refractivity contribution in [1.29, 1.82) is 0 Å². The Bertz CT molecular complexity index is 477. The zero-order chi connectivity index (χ0) is 13.9. The standard InChI is InChI=1S/C13H16O5/c1-7(15)3-10(16)4-9-5-12(17)11(6-14)13(18)8(9)2/h5-7,15,17-18H,3-4H2,1-2H3. The first-order chi connectivity index (χ1) is 8.36. The summed E-state index contributed by atoms with van der Waals surface area (Å²) in [6.07, 6.45) is -0.360. The van der Waals surface area contributed by atoms with E-state index in [0.717, 1.165) is 0 Å². The van der Waals surface area contributed by atoms with Gasteiger partial charge >= 0.3 is 0 Å². The molecule has 98 valence electrons. The second-order valence-electron chi connectivity index (χ2n) is 4.33. The maximum absolute atomic E-state index is 11.6. The lowest BCUT2D eigenvalue weighted by Crippen LogP contribution is -2.12. The molecule has 0 saturated carbocycles. The third-order valence-electron chi connectivity index (χ3n) is 2.71. The summed E-state index contributed by atoms with van der Waals surface area (Å²) in [7, 11) is 0. The number of phenols is 2. The zero-order valence-electron chi connectivity index (χ0n) is 10.3. The van der Waals surface area contributed by atoms with Gasteiger partial charge in [-0.05, 0) is 31.0 Å². The molecule has 0 aliphatic rings. The molecule has 0 aromatic heterocycles. The van der Waals surface area contributed by atoms with Gasteiger partial charge in [0.25, 0.3) is 0 Å². The number of hydrogen-bond donors (Lipinski definition) is 3. The number of aliphatic hydroxyl groups excluding tert-OH is 1. The molecule has 0 radical (unpaired) electrons. The van der Waals surface area contributed by atoms with Gasteiger partial charge in [0, 0.05) is 12.8 Å². The second kappa shape index (κ2) is 5.64. The fourth-order valence-corrected chi connectivity index (χ4v) is 1.74. The normalized spacial score (nSPS) is 12.2. The Kier molecular flexibility index (Phi) is 4.44. The molecule has 1 rings (SSSR count). The smallest absolute Gasteiger partial charge is 0.157 e. The van der Waals surface area contributed by atoms with Crippen molar-refractivity contribution >= 4 is 12.1 Å². The summed E-state index contributed by atoms with van der Waals surface area (Å²) >= 11 is 0. The van der Waals surface area contributed by atoms with Crippen LogP contribution >= 0.6 is 0 Å². The highest BCUT2D eigenvalue weighted by molar-refractivity contribution is 5.86. The van der Waals surface area contributed by atoms with Crippen LogP contribution in [0.5, 0.6) is 11.5 Å². The molecule has 18 heavy (non-hydrogen) atoms. The van der Waals surface area contributed by atoms with E-state index >= 15 is 0 Å². The molecule has 0 aliphatic carbocycles. The molecule has 1 aromatic rings. The van der Waals surface area contributed by atoms with Crippen LogP contribution in [-0.4, -0.2) is 33.5 Å². The van der Waals surface area contributed by atoms with Crippen molar-refractivity contribution in [3.8, 4) is 11.5 Å². The lowest BCUT2D eigenvalue weighted by molar-refractivity contribution is -0.120. The van der Waals surface area contributed by atoms with E-state index in [4.69, 9.17) is 5.11 Å². The van der Waals surface area contributed by atoms with Crippen LogP contribution < -0.4 is 0 Å². The summed E-state index contributed by atoms with van der Waals surface area (Å²) in [6, 6.07) is 1.29. The molecule has 1 aromatic carbocycles. The fourth-order valence-electron chi connectivity index (χ4n) is 1.74. The van der Waals surface area contributed by atoms with Gasteiger partial charge in [-0.1, -0.05) is 0 Å². The van der Waals surface area contributed by atoms with Crippen molar-refractivity contribution < 1.29 is 24.9 Å². The molecule has 5 heteroatoms. The molecule has 0 amide bonds. The highest BCUT2D eigenvalue weighted by atomic mass is 16.3. The Balaban J connectivity index is 3.05. The molecule has 0 heterocycles. The van der Waals surface area contributed by atoms with E-state index in [-0.39, 0.29) is 35.7 Å². The number of aldehydes is 1. The highest BCUT2D eigenvalue weighted by Gasteiger charge is 2.16. The zero-order valence-corrected chi connectivity index (χ0v) is 10.3. The maximum Gasteiger partial charge on any atom is 0.157 e. The predicted octanol–water partition coefficient (Wildman–Crippen LogP) is 1.10. The van der Waals surface area contributed by atoms with Crippen LogP contribution in [0, 0.1) is 6.92 Å². The number of aliphatic hydroxyl groups is 1. The second-order valence-corrected chi connectivity index (χ2v) is 4.33. The first-order valence-electron chi connectivity index (χ1n) is 5.56. The molecule has 0 aliphatic heterocycles. The van der Waals surface area contributed by atoms with Gasteiger partial charge in [-0.25, -0.2) is 0 Å². The molecule has 1 atom stereocenters. The quantitative estimate of drug-likeness (QED) is 0.682. The Morgan fingerprint density at radius 2 is 2.06 bits per heavy atom. The highest BCUT2D eigenvalue weighted by Crippen LogP contribution is 2.32. The molecule has 0 fully saturated rings. The number of carbonyl (C=O) groups is 2. The molecular weight excluding hydrogens is 236 g/mol. The molecule has 5 nitrogen and oxygen atoms in total. The van der Waals surface area contributed by atoms with Crippen LogP contribution in [0.25, 0.3) is 0 Å². The third kappa shape index (κ3) is 3.07. The molecule has 0 bridgehead atoms. The van der Waals surface area contributed by atoms with Crippen molar-refractivity contribution in [2.45, 2.75) is 32.8 Å². The first-order valence-corrected chi connectivity index (χ1v) is 5.56. The number of phenolic OH excluding ortho intramolecular Hbond substituents is 2. The largest absolute Gasteiger partial charge is 0.507 e. The Morgan fingerprint density at radius 1 is 1.44 bits per heavy atom. The van der Waals surface area contributed by atoms with Gasteiger partial charge in [-0.3, -0.25) is 9.59 Å². The topological polar surface area (TPSA) is 94.8 Å². The van der Waals surface area contributed by atoms with Crippen molar-refractivity contribution in [3.05, 3.63) is 22.8 Å². The monoisotopic (exact) mass is 252 g/mol. The van der Waals surface area contributed by atoms with E-state index in [1.807, 2.05) is 0 Å². The van der Waals surface area contributed by atoms with Gasteiger partial charge in [-0.15, -0.1) is 0 Å². The SMILES string of the molecule is Cc1c(CC(=O)CC(C)O)cc(O)c(C=O)c1O. The average Bonchev–Trinajstić information content (AvgIpc) is 2.25. The van der Waals surface area contributed by atoms with Crippen LogP contribution in [0.4, 0.5) is 0 Å². The first kappa shape index (κ1) is 14.2. The van der Waals surface area contributed by atoms with E-state index < -0.39 is 6.10 Å². The molecule has 3 N–H and O–H groups in total. The van der Waals surface area contributed by atoms with Gasteiger partial charge in [0.05, 0.1) is 11.7 Å². The molecule has 0 saturated heterocycles. The van der Waals surface area contributed by atoms with Gasteiger partial charge in [0.1, 0.15) is 17.3 Å². The van der Waals surface area contributed by atoms with Crippen molar-refractivity contribution in [1.82, 2.24) is 0 Å². The molecule has 0 spiro atoms. The number of Topliss-reactive ketones (excluding diaryl/α,β-unsaturated/α-hetero) is 1. The summed E-state index contributed by atoms with van der Waals surface area (Å²) in [6.45, 7) is 3.07. The molecular formula is C13H16O5. The minimum Gasteiger partial charge on any atom is -0.507 e. The minimum atomic E-state index is -0.728. The van der Waals surface area contributed by atoms with Crippen molar-refractivity contribution in [2.24, 2.45) is 0 Å². The fraction of sp³-hybridized carbons (Fsp3) is 0.385. The number of rotatable bonds is 5. The summed E-state index contributed by atoms with van der Waals surface area (Å²) in [5.41, 5.74) is 0.648. The van der Waals surface area contributed by atoms with Gasteiger partial charge in [0.15, 0.2) is 6.29 Å². The summed E-state index contributed by atoms with van der Waals surface area (Å²) in [5.74, 6) is -0.872. The maximum atomic E-state index is 11.6. The number of carbonyl (C=O) groups excluding carboxylic acids is 2. The summed E-state index contributed by atoms with van der Waals surface area (Å²) in [5, 5.41) is 28.3. The number of hydrogen-bond acceptors (Lipinski definition) is 5. The van der Waals surface area contributed by atoms with E-state index in [0.29, 0.717) is 17.4 Å². The van der Waals surface area contributed by atoms with E-state index in [1.165, 1.54) is 13.0 Å². The molecule has 1 unspecified atom stereocenters. The van der Waals surface area contributed by atoms with Crippen molar-refractivity contribution in [2.75, 3.05) is 0 Å². The number of aromatic hydroxyl groups is 2. The van der Waals surface area contributed by atoms with E-state index in [2.05, 4.69) is 0 Å². The Morgan fingerprint density at radius 3 is 2.56 bits per heavy atom. The lowest BCUT2D eigenvalue weighted by Gasteiger charge is -2.11. The van der Waals surface area contributed by atoms with Crippen LogP contribution in [0.3, 0.4) is 0 Å². The van der Waals surface area contributed by atoms with E-state index in [9.17, 15) is 19.8 Å². The average molecular weight is 252 g/mol. The van der Waals surface area contributed by atoms with Crippen molar-refractivity contribution in [3.63, 3.8) is 0 Å². The lowest BCUT2D eigenvalue weighted by atomic mass is 9.97. The van der Waals surface area contributed by atoms with Gasteiger partial charge in [-0.2, -0.15) is 0 Å². The van der Waals surface area contributed by atoms with Crippen LogP contribution in [0.2, 0.25) is 0 Å².